The fraction of sp³-hybridized carbons (Fsp3) is 0.462. The van der Waals surface area contributed by atoms with E-state index >= 15 is 0 Å². The number of hydrogen-bond donors (Lipinski definition) is 2. The lowest BCUT2D eigenvalue weighted by Gasteiger charge is -2.19. The lowest BCUT2D eigenvalue weighted by atomic mass is 10.3. The highest BCUT2D eigenvalue weighted by molar-refractivity contribution is 7.89. The molecule has 6 nitrogen and oxygen atoms in total. The van der Waals surface area contributed by atoms with E-state index in [1.807, 2.05) is 6.92 Å². The summed E-state index contributed by atoms with van der Waals surface area (Å²) in [5.41, 5.74) is 0. The van der Waals surface area contributed by atoms with Crippen LogP contribution in [0.15, 0.2) is 35.2 Å². The summed E-state index contributed by atoms with van der Waals surface area (Å²) in [5, 5.41) is 8.81. The third-order valence-electron chi connectivity index (χ3n) is 2.79. The van der Waals surface area contributed by atoms with Crippen molar-refractivity contribution in [2.75, 3.05) is 26.2 Å². The zero-order chi connectivity index (χ0) is 15.0. The molecule has 20 heavy (non-hydrogen) atoms. The first-order valence-electron chi connectivity index (χ1n) is 6.44. The molecular formula is C13H20N2O4S. The fourth-order valence-electron chi connectivity index (χ4n) is 1.71. The third-order valence-corrected chi connectivity index (χ3v) is 4.27. The van der Waals surface area contributed by atoms with Crippen LogP contribution in [0.5, 0.6) is 0 Å². The Bertz CT molecular complexity index is 516. The molecule has 0 unspecified atom stereocenters. The van der Waals surface area contributed by atoms with E-state index in [1.165, 1.54) is 17.0 Å². The van der Waals surface area contributed by atoms with Crippen molar-refractivity contribution >= 4 is 15.9 Å². The molecule has 0 aliphatic rings. The Morgan fingerprint density at radius 1 is 1.30 bits per heavy atom. The minimum Gasteiger partial charge on any atom is -0.395 e. The molecule has 0 aliphatic heterocycles. The van der Waals surface area contributed by atoms with E-state index in [0.717, 1.165) is 0 Å². The van der Waals surface area contributed by atoms with Gasteiger partial charge in [0.15, 0.2) is 0 Å². The lowest BCUT2D eigenvalue weighted by Crippen LogP contribution is -2.36. The van der Waals surface area contributed by atoms with Gasteiger partial charge in [0.05, 0.1) is 11.5 Å². The number of nitrogens with one attached hydrogen (secondary N) is 1. The second kappa shape index (κ2) is 7.98. The molecule has 1 aromatic rings. The summed E-state index contributed by atoms with van der Waals surface area (Å²) in [7, 11) is -3.57. The minimum atomic E-state index is -3.57. The van der Waals surface area contributed by atoms with Crippen LogP contribution in [-0.2, 0) is 14.8 Å². The molecule has 0 fully saturated rings. The van der Waals surface area contributed by atoms with Gasteiger partial charge in [-0.05, 0) is 19.1 Å². The number of benzene rings is 1. The van der Waals surface area contributed by atoms with Crippen molar-refractivity contribution in [3.05, 3.63) is 30.3 Å². The van der Waals surface area contributed by atoms with Crippen LogP contribution in [0.25, 0.3) is 0 Å². The van der Waals surface area contributed by atoms with Crippen LogP contribution >= 0.6 is 0 Å². The number of sulfonamides is 1. The molecule has 1 aromatic carbocycles. The highest BCUT2D eigenvalue weighted by Gasteiger charge is 2.15. The van der Waals surface area contributed by atoms with Crippen molar-refractivity contribution in [1.29, 1.82) is 0 Å². The van der Waals surface area contributed by atoms with Gasteiger partial charge in [-0.25, -0.2) is 13.1 Å². The largest absolute Gasteiger partial charge is 0.395 e. The van der Waals surface area contributed by atoms with Gasteiger partial charge in [0.1, 0.15) is 0 Å². The van der Waals surface area contributed by atoms with Crippen LogP contribution < -0.4 is 4.72 Å². The van der Waals surface area contributed by atoms with Crippen LogP contribution in [-0.4, -0.2) is 50.6 Å². The topological polar surface area (TPSA) is 86.7 Å². The molecule has 0 atom stereocenters. The molecule has 112 valence electrons. The van der Waals surface area contributed by atoms with Gasteiger partial charge in [0, 0.05) is 26.1 Å². The maximum atomic E-state index is 11.9. The van der Waals surface area contributed by atoms with Gasteiger partial charge in [-0.1, -0.05) is 18.2 Å². The third kappa shape index (κ3) is 4.92. The first-order valence-corrected chi connectivity index (χ1v) is 7.93. The second-order valence-corrected chi connectivity index (χ2v) is 5.92. The van der Waals surface area contributed by atoms with Gasteiger partial charge in [-0.2, -0.15) is 0 Å². The van der Waals surface area contributed by atoms with Crippen LogP contribution in [0.2, 0.25) is 0 Å². The Hall–Kier alpha value is -1.44. The van der Waals surface area contributed by atoms with Crippen molar-refractivity contribution in [2.24, 2.45) is 0 Å². The van der Waals surface area contributed by atoms with Gasteiger partial charge in [-0.15, -0.1) is 0 Å². The Balaban J connectivity index is 2.50. The predicted octanol–water partition coefficient (Wildman–Crippen LogP) is 0.196. The van der Waals surface area contributed by atoms with Crippen LogP contribution in [0, 0.1) is 0 Å². The van der Waals surface area contributed by atoms with E-state index in [1.54, 1.807) is 18.2 Å². The van der Waals surface area contributed by atoms with E-state index in [9.17, 15) is 13.2 Å². The average molecular weight is 300 g/mol. The van der Waals surface area contributed by atoms with E-state index < -0.39 is 10.0 Å². The summed E-state index contributed by atoms with van der Waals surface area (Å²) in [5.74, 6) is -0.183. The van der Waals surface area contributed by atoms with Crippen molar-refractivity contribution in [3.8, 4) is 0 Å². The summed E-state index contributed by atoms with van der Waals surface area (Å²) in [6.45, 7) is 2.50. The highest BCUT2D eigenvalue weighted by Crippen LogP contribution is 2.06. The molecule has 7 heteroatoms. The van der Waals surface area contributed by atoms with Crippen molar-refractivity contribution < 1.29 is 18.3 Å². The molecule has 0 bridgehead atoms. The molecule has 1 amide bonds. The van der Waals surface area contributed by atoms with Crippen molar-refractivity contribution in [1.82, 2.24) is 9.62 Å². The first kappa shape index (κ1) is 16.6. The number of nitrogens with zero attached hydrogens (tertiary/aromatic N) is 1. The van der Waals surface area contributed by atoms with Gasteiger partial charge in [0.25, 0.3) is 0 Å². The Kier molecular flexibility index (Phi) is 6.63. The smallest absolute Gasteiger partial charge is 0.240 e. The SMILES string of the molecule is CCN(CCO)C(=O)CCNS(=O)(=O)c1ccccc1. The van der Waals surface area contributed by atoms with Gasteiger partial charge in [0.2, 0.25) is 15.9 Å². The Morgan fingerprint density at radius 3 is 2.50 bits per heavy atom. The molecule has 0 aliphatic carbocycles. The summed E-state index contributed by atoms with van der Waals surface area (Å²) in [6, 6.07) is 8.00. The fourth-order valence-corrected chi connectivity index (χ4v) is 2.77. The van der Waals surface area contributed by atoms with Gasteiger partial charge in [-0.3, -0.25) is 4.79 Å². The van der Waals surface area contributed by atoms with E-state index in [0.29, 0.717) is 6.54 Å². The summed E-state index contributed by atoms with van der Waals surface area (Å²) in [6.07, 6.45) is 0.0693. The molecule has 0 heterocycles. The standard InChI is InChI=1S/C13H20N2O4S/c1-2-15(10-11-16)13(17)8-9-14-20(18,19)12-6-4-3-5-7-12/h3-7,14,16H,2,8-11H2,1H3. The number of likely N-dealkylation sites (N-methyl/N-ethyl adjacent to an activating group) is 1. The first-order chi connectivity index (χ1) is 9.51. The Morgan fingerprint density at radius 2 is 1.95 bits per heavy atom. The van der Waals surface area contributed by atoms with E-state index in [4.69, 9.17) is 5.11 Å². The van der Waals surface area contributed by atoms with Crippen molar-refractivity contribution in [3.63, 3.8) is 0 Å². The highest BCUT2D eigenvalue weighted by atomic mass is 32.2. The summed E-state index contributed by atoms with van der Waals surface area (Å²) in [4.78, 5) is 13.4. The number of carbonyl (C=O) groups is 1. The summed E-state index contributed by atoms with van der Waals surface area (Å²) >= 11 is 0. The van der Waals surface area contributed by atoms with Crippen molar-refractivity contribution in [2.45, 2.75) is 18.2 Å². The lowest BCUT2D eigenvalue weighted by molar-refractivity contribution is -0.131. The molecular weight excluding hydrogens is 280 g/mol. The number of aliphatic hydroxyl groups excluding tert-OH is 1. The monoisotopic (exact) mass is 300 g/mol. The number of hydrogen-bond acceptors (Lipinski definition) is 4. The zero-order valence-electron chi connectivity index (χ0n) is 11.4. The van der Waals surface area contributed by atoms with Crippen LogP contribution in [0.3, 0.4) is 0 Å². The number of rotatable bonds is 8. The number of amides is 1. The molecule has 2 N–H and O–H groups in total. The predicted molar refractivity (Wildman–Crippen MR) is 75.6 cm³/mol. The quantitative estimate of drug-likeness (QED) is 0.718. The average Bonchev–Trinajstić information content (AvgIpc) is 2.45. The van der Waals surface area contributed by atoms with Crippen LogP contribution in [0.1, 0.15) is 13.3 Å². The maximum absolute atomic E-state index is 11.9. The minimum absolute atomic E-state index is 0.0397. The van der Waals surface area contributed by atoms with Crippen LogP contribution in [0.4, 0.5) is 0 Å². The molecule has 0 saturated carbocycles. The van der Waals surface area contributed by atoms with E-state index in [2.05, 4.69) is 4.72 Å². The second-order valence-electron chi connectivity index (χ2n) is 4.16. The molecule has 0 saturated heterocycles. The molecule has 1 rings (SSSR count). The molecule has 0 aromatic heterocycles. The van der Waals surface area contributed by atoms with Gasteiger partial charge < -0.3 is 10.0 Å². The number of carbonyl (C=O) groups excluding carboxylic acids is 1. The van der Waals surface area contributed by atoms with Gasteiger partial charge >= 0.3 is 0 Å². The maximum Gasteiger partial charge on any atom is 0.240 e. The molecule has 0 radical (unpaired) electrons. The molecule has 0 spiro atoms. The normalized spacial score (nSPS) is 11.3. The summed E-state index contributed by atoms with van der Waals surface area (Å²) < 4.78 is 26.2. The Labute approximate surface area is 119 Å². The van der Waals surface area contributed by atoms with E-state index in [-0.39, 0.29) is 36.9 Å². The number of aliphatic hydroxyl groups is 1. The zero-order valence-corrected chi connectivity index (χ0v) is 12.3.